The summed E-state index contributed by atoms with van der Waals surface area (Å²) in [5.74, 6) is -0.597. The first kappa shape index (κ1) is 13.2. The third-order valence-corrected chi connectivity index (χ3v) is 4.97. The molecule has 1 atom stereocenters. The number of hydrogen-bond donors (Lipinski definition) is 0. The van der Waals surface area contributed by atoms with E-state index in [0.717, 1.165) is 11.8 Å². The molecule has 1 aromatic rings. The number of halogens is 1. The van der Waals surface area contributed by atoms with E-state index in [1.165, 1.54) is 6.92 Å². The summed E-state index contributed by atoms with van der Waals surface area (Å²) in [6.45, 7) is 3.03. The number of ketones is 1. The molecular formula is C11H13ClO3S. The van der Waals surface area contributed by atoms with E-state index < -0.39 is 19.8 Å². The minimum atomic E-state index is -3.65. The monoisotopic (exact) mass is 260 g/mol. The van der Waals surface area contributed by atoms with Gasteiger partial charge >= 0.3 is 0 Å². The van der Waals surface area contributed by atoms with Crippen LogP contribution in [0.25, 0.3) is 0 Å². The molecule has 0 bridgehead atoms. The molecule has 3 nitrogen and oxygen atoms in total. The van der Waals surface area contributed by atoms with Gasteiger partial charge in [0.15, 0.2) is 15.6 Å². The first-order valence-corrected chi connectivity index (χ1v) is 6.93. The van der Waals surface area contributed by atoms with Crippen molar-refractivity contribution < 1.29 is 13.2 Å². The van der Waals surface area contributed by atoms with Crippen molar-refractivity contribution in [2.24, 2.45) is 0 Å². The zero-order chi connectivity index (χ0) is 12.6. The van der Waals surface area contributed by atoms with Crippen molar-refractivity contribution >= 4 is 27.2 Å². The third kappa shape index (κ3) is 2.44. The number of carbonyl (C=O) groups excluding carboxylic acids is 1. The topological polar surface area (TPSA) is 51.2 Å². The highest BCUT2D eigenvalue weighted by atomic mass is 35.5. The van der Waals surface area contributed by atoms with Crippen molar-refractivity contribution in [3.8, 4) is 0 Å². The standard InChI is InChI=1S/C11H13ClO3S/c1-8-5-4-6-9(7-8)10(13)11(2,12)16(3,14)15/h4-7H,1-3H3. The molecule has 0 amide bonds. The summed E-state index contributed by atoms with van der Waals surface area (Å²) in [6.07, 6.45) is 0.952. The minimum Gasteiger partial charge on any atom is -0.291 e. The molecule has 88 valence electrons. The molecule has 0 aliphatic carbocycles. The van der Waals surface area contributed by atoms with Crippen LogP contribution in [-0.4, -0.2) is 24.7 Å². The summed E-state index contributed by atoms with van der Waals surface area (Å²) in [6, 6.07) is 6.69. The van der Waals surface area contributed by atoms with Gasteiger partial charge in [0, 0.05) is 11.8 Å². The summed E-state index contributed by atoms with van der Waals surface area (Å²) in [7, 11) is -3.65. The van der Waals surface area contributed by atoms with Crippen LogP contribution >= 0.6 is 11.6 Å². The number of Topliss-reactive ketones (excluding diaryl/α,β-unsaturated/α-hetero) is 1. The Balaban J connectivity index is 3.23. The molecule has 0 N–H and O–H groups in total. The second-order valence-corrected chi connectivity index (χ2v) is 7.23. The van der Waals surface area contributed by atoms with Crippen LogP contribution in [0.3, 0.4) is 0 Å². The molecule has 1 aromatic carbocycles. The van der Waals surface area contributed by atoms with Crippen LogP contribution in [0.15, 0.2) is 24.3 Å². The molecule has 0 fully saturated rings. The van der Waals surface area contributed by atoms with Gasteiger partial charge in [0.05, 0.1) is 0 Å². The number of benzene rings is 1. The molecule has 0 saturated carbocycles. The van der Waals surface area contributed by atoms with E-state index in [-0.39, 0.29) is 0 Å². The van der Waals surface area contributed by atoms with Crippen LogP contribution in [0, 0.1) is 6.92 Å². The normalized spacial score (nSPS) is 15.5. The van der Waals surface area contributed by atoms with E-state index in [4.69, 9.17) is 11.6 Å². The van der Waals surface area contributed by atoms with Crippen molar-refractivity contribution in [2.45, 2.75) is 18.1 Å². The summed E-state index contributed by atoms with van der Waals surface area (Å²) in [5.41, 5.74) is 1.19. The van der Waals surface area contributed by atoms with E-state index in [0.29, 0.717) is 5.56 Å². The van der Waals surface area contributed by atoms with Crippen molar-refractivity contribution in [1.82, 2.24) is 0 Å². The fourth-order valence-corrected chi connectivity index (χ4v) is 1.78. The van der Waals surface area contributed by atoms with Crippen LogP contribution < -0.4 is 0 Å². The fourth-order valence-electron chi connectivity index (χ4n) is 1.21. The summed E-state index contributed by atoms with van der Waals surface area (Å²) in [5, 5.41) is 0. The van der Waals surface area contributed by atoms with Crippen LogP contribution in [0.5, 0.6) is 0 Å². The highest BCUT2D eigenvalue weighted by molar-refractivity contribution is 7.94. The Morgan fingerprint density at radius 1 is 1.38 bits per heavy atom. The Morgan fingerprint density at radius 2 is 1.94 bits per heavy atom. The molecule has 0 radical (unpaired) electrons. The maximum atomic E-state index is 12.0. The Labute approximate surface area is 100 Å². The number of aryl methyl sites for hydroxylation is 1. The van der Waals surface area contributed by atoms with Gasteiger partial charge in [-0.2, -0.15) is 0 Å². The van der Waals surface area contributed by atoms with Crippen molar-refractivity contribution in [1.29, 1.82) is 0 Å². The van der Waals surface area contributed by atoms with Crippen LogP contribution in [0.4, 0.5) is 0 Å². The number of rotatable bonds is 3. The van der Waals surface area contributed by atoms with Gasteiger partial charge in [-0.25, -0.2) is 8.42 Å². The van der Waals surface area contributed by atoms with Gasteiger partial charge in [-0.3, -0.25) is 4.79 Å². The molecule has 5 heteroatoms. The first-order chi connectivity index (χ1) is 7.16. The van der Waals surface area contributed by atoms with E-state index >= 15 is 0 Å². The minimum absolute atomic E-state index is 0.308. The first-order valence-electron chi connectivity index (χ1n) is 4.66. The number of alkyl halides is 1. The zero-order valence-electron chi connectivity index (χ0n) is 9.32. The Hall–Kier alpha value is -0.870. The fraction of sp³-hybridized carbons (Fsp3) is 0.364. The largest absolute Gasteiger partial charge is 0.291 e. The predicted octanol–water partition coefficient (Wildman–Crippen LogP) is 2.18. The summed E-state index contributed by atoms with van der Waals surface area (Å²) in [4.78, 5) is 12.0. The van der Waals surface area contributed by atoms with Gasteiger partial charge in [-0.1, -0.05) is 35.4 Å². The van der Waals surface area contributed by atoms with Gasteiger partial charge < -0.3 is 0 Å². The van der Waals surface area contributed by atoms with Crippen molar-refractivity contribution in [2.75, 3.05) is 6.26 Å². The molecular weight excluding hydrogens is 248 g/mol. The second kappa shape index (κ2) is 4.18. The molecule has 16 heavy (non-hydrogen) atoms. The Bertz CT molecular complexity index is 518. The maximum Gasteiger partial charge on any atom is 0.204 e. The molecule has 0 heterocycles. The van der Waals surface area contributed by atoms with Gasteiger partial charge in [0.1, 0.15) is 0 Å². The number of sulfone groups is 1. The summed E-state index contributed by atoms with van der Waals surface area (Å²) >= 11 is 5.81. The lowest BCUT2D eigenvalue weighted by Crippen LogP contribution is -2.37. The average Bonchev–Trinajstić information content (AvgIpc) is 2.14. The van der Waals surface area contributed by atoms with Crippen LogP contribution in [-0.2, 0) is 9.84 Å². The van der Waals surface area contributed by atoms with Crippen molar-refractivity contribution in [3.05, 3.63) is 35.4 Å². The highest BCUT2D eigenvalue weighted by Gasteiger charge is 2.41. The van der Waals surface area contributed by atoms with Gasteiger partial charge in [-0.05, 0) is 19.9 Å². The van der Waals surface area contributed by atoms with Gasteiger partial charge in [0.25, 0.3) is 0 Å². The highest BCUT2D eigenvalue weighted by Crippen LogP contribution is 2.26. The molecule has 0 aromatic heterocycles. The predicted molar refractivity (Wildman–Crippen MR) is 64.6 cm³/mol. The van der Waals surface area contributed by atoms with E-state index in [1.807, 2.05) is 13.0 Å². The van der Waals surface area contributed by atoms with E-state index in [9.17, 15) is 13.2 Å². The SMILES string of the molecule is Cc1cccc(C(=O)C(C)(Cl)S(C)(=O)=O)c1. The lowest BCUT2D eigenvalue weighted by atomic mass is 10.1. The zero-order valence-corrected chi connectivity index (χ0v) is 10.9. The van der Waals surface area contributed by atoms with Crippen molar-refractivity contribution in [3.63, 3.8) is 0 Å². The van der Waals surface area contributed by atoms with Gasteiger partial charge in [-0.15, -0.1) is 0 Å². The smallest absolute Gasteiger partial charge is 0.204 e. The Morgan fingerprint density at radius 3 is 2.38 bits per heavy atom. The average molecular weight is 261 g/mol. The quantitative estimate of drug-likeness (QED) is 0.618. The summed E-state index contributed by atoms with van der Waals surface area (Å²) < 4.78 is 20.9. The van der Waals surface area contributed by atoms with Crippen LogP contribution in [0.1, 0.15) is 22.8 Å². The lowest BCUT2D eigenvalue weighted by Gasteiger charge is -2.18. The molecule has 1 rings (SSSR count). The van der Waals surface area contributed by atoms with Crippen LogP contribution in [0.2, 0.25) is 0 Å². The second-order valence-electron chi connectivity index (χ2n) is 3.89. The van der Waals surface area contributed by atoms with E-state index in [1.54, 1.807) is 18.2 Å². The molecule has 0 spiro atoms. The molecule has 0 saturated heterocycles. The lowest BCUT2D eigenvalue weighted by molar-refractivity contribution is 0.0978. The molecule has 0 aliphatic rings. The molecule has 1 unspecified atom stereocenters. The van der Waals surface area contributed by atoms with E-state index in [2.05, 4.69) is 0 Å². The number of hydrogen-bond acceptors (Lipinski definition) is 3. The van der Waals surface area contributed by atoms with Gasteiger partial charge in [0.2, 0.25) is 4.21 Å². The maximum absolute atomic E-state index is 12.0. The Kier molecular flexibility index (Phi) is 3.45. The molecule has 0 aliphatic heterocycles. The number of carbonyl (C=O) groups is 1. The third-order valence-electron chi connectivity index (χ3n) is 2.38.